The second-order valence-electron chi connectivity index (χ2n) is 6.46. The van der Waals surface area contributed by atoms with Gasteiger partial charge in [0.2, 0.25) is 0 Å². The highest BCUT2D eigenvalue weighted by molar-refractivity contribution is 5.65. The number of hydrogen-bond donors (Lipinski definition) is 0. The molecular weight excluding hydrogens is 340 g/mol. The van der Waals surface area contributed by atoms with Crippen LogP contribution in [0.25, 0.3) is 11.1 Å². The Bertz CT molecular complexity index is 961. The minimum absolute atomic E-state index is 0.0168. The van der Waals surface area contributed by atoms with Gasteiger partial charge in [0, 0.05) is 5.56 Å². The van der Waals surface area contributed by atoms with E-state index in [0.717, 1.165) is 5.56 Å². The molecule has 0 spiro atoms. The quantitative estimate of drug-likeness (QED) is 0.479. The Hall–Kier alpha value is -2.62. The van der Waals surface area contributed by atoms with Crippen LogP contribution in [0, 0.1) is 37.1 Å². The molecule has 26 heavy (non-hydrogen) atoms. The fourth-order valence-corrected chi connectivity index (χ4v) is 2.91. The first-order valence-corrected chi connectivity index (χ1v) is 8.35. The van der Waals surface area contributed by atoms with Crippen molar-refractivity contribution in [3.8, 4) is 11.1 Å². The minimum atomic E-state index is -0.987. The lowest BCUT2D eigenvalue weighted by Gasteiger charge is -2.10. The lowest BCUT2D eigenvalue weighted by atomic mass is 9.98. The van der Waals surface area contributed by atoms with Crippen LogP contribution in [0.15, 0.2) is 48.5 Å². The summed E-state index contributed by atoms with van der Waals surface area (Å²) in [4.78, 5) is 0. The zero-order chi connectivity index (χ0) is 18.8. The van der Waals surface area contributed by atoms with Gasteiger partial charge < -0.3 is 0 Å². The van der Waals surface area contributed by atoms with Gasteiger partial charge in [0.15, 0.2) is 11.6 Å². The van der Waals surface area contributed by atoms with Crippen LogP contribution in [0.1, 0.15) is 22.3 Å². The second kappa shape index (κ2) is 7.32. The summed E-state index contributed by atoms with van der Waals surface area (Å²) in [5.41, 5.74) is 2.23. The molecule has 0 aliphatic heterocycles. The summed E-state index contributed by atoms with van der Waals surface area (Å²) < 4.78 is 56.1. The highest BCUT2D eigenvalue weighted by atomic mass is 19.2. The molecule has 4 heteroatoms. The summed E-state index contributed by atoms with van der Waals surface area (Å²) >= 11 is 0. The lowest BCUT2D eigenvalue weighted by molar-refractivity contribution is 0.505. The largest absolute Gasteiger partial charge is 0.207 e. The molecule has 0 aliphatic rings. The van der Waals surface area contributed by atoms with Crippen molar-refractivity contribution >= 4 is 0 Å². The van der Waals surface area contributed by atoms with Gasteiger partial charge in [-0.3, -0.25) is 0 Å². The average molecular weight is 358 g/mol. The average Bonchev–Trinajstić information content (AvgIpc) is 2.60. The molecule has 0 radical (unpaired) electrons. The van der Waals surface area contributed by atoms with Gasteiger partial charge in [-0.05, 0) is 66.6 Å². The molecule has 0 N–H and O–H groups in total. The molecule has 0 nitrogen and oxygen atoms in total. The minimum Gasteiger partial charge on any atom is -0.207 e. The molecule has 0 amide bonds. The zero-order valence-electron chi connectivity index (χ0n) is 14.5. The fourth-order valence-electron chi connectivity index (χ4n) is 2.91. The number of rotatable bonds is 4. The number of hydrogen-bond acceptors (Lipinski definition) is 0. The van der Waals surface area contributed by atoms with Crippen LogP contribution >= 0.6 is 0 Å². The maximum Gasteiger partial charge on any atom is 0.166 e. The van der Waals surface area contributed by atoms with E-state index in [2.05, 4.69) is 0 Å². The first kappa shape index (κ1) is 18.2. The van der Waals surface area contributed by atoms with Gasteiger partial charge in [0.25, 0.3) is 0 Å². The van der Waals surface area contributed by atoms with Crippen molar-refractivity contribution in [3.63, 3.8) is 0 Å². The monoisotopic (exact) mass is 358 g/mol. The summed E-state index contributed by atoms with van der Waals surface area (Å²) in [7, 11) is 0. The van der Waals surface area contributed by atoms with Gasteiger partial charge >= 0.3 is 0 Å². The van der Waals surface area contributed by atoms with Gasteiger partial charge in [-0.2, -0.15) is 0 Å². The van der Waals surface area contributed by atoms with Crippen molar-refractivity contribution in [3.05, 3.63) is 94.1 Å². The maximum atomic E-state index is 14.4. The van der Waals surface area contributed by atoms with E-state index in [1.165, 1.54) is 37.3 Å². The molecular formula is C22H18F4. The third kappa shape index (κ3) is 3.64. The first-order chi connectivity index (χ1) is 12.4. The predicted octanol–water partition coefficient (Wildman–Crippen LogP) is 6.31. The van der Waals surface area contributed by atoms with E-state index in [4.69, 9.17) is 0 Å². The van der Waals surface area contributed by atoms with Crippen molar-refractivity contribution in [2.75, 3.05) is 0 Å². The van der Waals surface area contributed by atoms with Crippen molar-refractivity contribution in [1.82, 2.24) is 0 Å². The lowest BCUT2D eigenvalue weighted by Crippen LogP contribution is -1.99. The molecule has 0 heterocycles. The highest BCUT2D eigenvalue weighted by Crippen LogP contribution is 2.28. The molecule has 134 valence electrons. The molecule has 0 aliphatic carbocycles. The predicted molar refractivity (Wildman–Crippen MR) is 95.0 cm³/mol. The van der Waals surface area contributed by atoms with E-state index < -0.39 is 17.5 Å². The van der Waals surface area contributed by atoms with E-state index in [0.29, 0.717) is 24.0 Å². The van der Waals surface area contributed by atoms with Gasteiger partial charge in [0.05, 0.1) is 0 Å². The highest BCUT2D eigenvalue weighted by Gasteiger charge is 2.14. The standard InChI is InChI=1S/C22H18F4/c1-13-3-5-15(19(23)11-13)6-7-16-8-9-17(12-20(16)24)18-10-4-14(2)21(25)22(18)26/h3-5,8-12H,6-7H2,1-2H3. The third-order valence-corrected chi connectivity index (χ3v) is 4.51. The van der Waals surface area contributed by atoms with Crippen LogP contribution < -0.4 is 0 Å². The van der Waals surface area contributed by atoms with Crippen LogP contribution in [-0.4, -0.2) is 0 Å². The molecule has 0 saturated carbocycles. The topological polar surface area (TPSA) is 0 Å². The fraction of sp³-hybridized carbons (Fsp3) is 0.182. The SMILES string of the molecule is Cc1ccc(CCc2ccc(-c3ccc(C)c(F)c3F)cc2F)c(F)c1. The van der Waals surface area contributed by atoms with Crippen LogP contribution in [0.5, 0.6) is 0 Å². The molecule has 3 aromatic rings. The third-order valence-electron chi connectivity index (χ3n) is 4.51. The Kier molecular flexibility index (Phi) is 5.12. The summed E-state index contributed by atoms with van der Waals surface area (Å²) in [6.45, 7) is 3.27. The molecule has 0 atom stereocenters. The maximum absolute atomic E-state index is 14.4. The van der Waals surface area contributed by atoms with Crippen LogP contribution in [0.2, 0.25) is 0 Å². The Balaban J connectivity index is 1.83. The van der Waals surface area contributed by atoms with Gasteiger partial charge in [0.1, 0.15) is 11.6 Å². The normalized spacial score (nSPS) is 11.0. The van der Waals surface area contributed by atoms with E-state index in [1.807, 2.05) is 6.07 Å². The Morgan fingerprint density at radius 3 is 1.88 bits per heavy atom. The van der Waals surface area contributed by atoms with Crippen LogP contribution in [-0.2, 0) is 12.8 Å². The summed E-state index contributed by atoms with van der Waals surface area (Å²) in [5.74, 6) is -2.74. The zero-order valence-corrected chi connectivity index (χ0v) is 14.5. The summed E-state index contributed by atoms with van der Waals surface area (Å²) in [6, 6.07) is 12.1. The van der Waals surface area contributed by atoms with E-state index >= 15 is 0 Å². The van der Waals surface area contributed by atoms with Crippen molar-refractivity contribution in [2.24, 2.45) is 0 Å². The van der Waals surface area contributed by atoms with E-state index in [9.17, 15) is 17.6 Å². The Morgan fingerprint density at radius 2 is 1.27 bits per heavy atom. The Morgan fingerprint density at radius 1 is 0.654 bits per heavy atom. The van der Waals surface area contributed by atoms with Crippen LogP contribution in [0.4, 0.5) is 17.6 Å². The number of halogens is 4. The van der Waals surface area contributed by atoms with Crippen molar-refractivity contribution in [2.45, 2.75) is 26.7 Å². The smallest absolute Gasteiger partial charge is 0.166 e. The molecule has 0 unspecified atom stereocenters. The van der Waals surface area contributed by atoms with Gasteiger partial charge in [-0.1, -0.05) is 36.4 Å². The van der Waals surface area contributed by atoms with Crippen molar-refractivity contribution in [1.29, 1.82) is 0 Å². The second-order valence-corrected chi connectivity index (χ2v) is 6.46. The molecule has 3 aromatic carbocycles. The molecule has 3 rings (SSSR count). The van der Waals surface area contributed by atoms with Gasteiger partial charge in [-0.25, -0.2) is 17.6 Å². The van der Waals surface area contributed by atoms with Crippen molar-refractivity contribution < 1.29 is 17.6 Å². The van der Waals surface area contributed by atoms with E-state index in [1.54, 1.807) is 19.1 Å². The van der Waals surface area contributed by atoms with E-state index in [-0.39, 0.29) is 22.5 Å². The first-order valence-electron chi connectivity index (χ1n) is 8.35. The van der Waals surface area contributed by atoms with Gasteiger partial charge in [-0.15, -0.1) is 0 Å². The summed E-state index contributed by atoms with van der Waals surface area (Å²) in [5, 5.41) is 0. The number of benzene rings is 3. The molecule has 0 fully saturated rings. The Labute approximate surface area is 150 Å². The van der Waals surface area contributed by atoms with Crippen LogP contribution in [0.3, 0.4) is 0 Å². The summed E-state index contributed by atoms with van der Waals surface area (Å²) in [6.07, 6.45) is 0.673. The molecule has 0 bridgehead atoms. The molecule has 0 saturated heterocycles. The molecule has 0 aromatic heterocycles. The number of aryl methyl sites for hydroxylation is 4.